The van der Waals surface area contributed by atoms with Crippen LogP contribution >= 0.6 is 34.0 Å². The van der Waals surface area contributed by atoms with Crippen molar-refractivity contribution in [2.24, 2.45) is 0 Å². The summed E-state index contributed by atoms with van der Waals surface area (Å²) >= 11 is 5.56. The molecule has 0 fully saturated rings. The predicted molar refractivity (Wildman–Crippen MR) is 175 cm³/mol. The van der Waals surface area contributed by atoms with Crippen molar-refractivity contribution in [3.63, 3.8) is 0 Å². The third kappa shape index (κ3) is 2.63. The van der Waals surface area contributed by atoms with Gasteiger partial charge in [-0.3, -0.25) is 0 Å². The van der Waals surface area contributed by atoms with E-state index in [4.69, 9.17) is 4.98 Å². The Morgan fingerprint density at radius 1 is 0.550 bits per heavy atom. The molecule has 0 amide bonds. The summed E-state index contributed by atoms with van der Waals surface area (Å²) in [5, 5.41) is 10.2. The lowest BCUT2D eigenvalue weighted by molar-refractivity contribution is 1.20. The van der Waals surface area contributed by atoms with Crippen molar-refractivity contribution in [2.45, 2.75) is 0 Å². The molecule has 0 saturated heterocycles. The van der Waals surface area contributed by atoms with Gasteiger partial charge in [-0.2, -0.15) is 0 Å². The fraction of sp³-hybridized carbons (Fsp3) is 0. The number of hydrogen-bond acceptors (Lipinski definition) is 5. The van der Waals surface area contributed by atoms with Crippen LogP contribution in [-0.2, 0) is 0 Å². The van der Waals surface area contributed by atoms with E-state index < -0.39 is 0 Å². The second kappa shape index (κ2) is 7.64. The van der Waals surface area contributed by atoms with Gasteiger partial charge in [0.05, 0.1) is 15.7 Å². The van der Waals surface area contributed by atoms with Crippen molar-refractivity contribution in [1.82, 2.24) is 14.5 Å². The number of nitrogens with zero attached hydrogens (tertiary/aromatic N) is 3. The molecule has 40 heavy (non-hydrogen) atoms. The Kier molecular flexibility index (Phi) is 4.10. The molecular formula is C34H17N3S3. The summed E-state index contributed by atoms with van der Waals surface area (Å²) in [5.41, 5.74) is 3.68. The number of rotatable bonds is 1. The molecule has 5 heterocycles. The molecule has 6 heteroatoms. The van der Waals surface area contributed by atoms with E-state index in [1.165, 1.54) is 77.9 Å². The zero-order valence-corrected chi connectivity index (χ0v) is 23.3. The van der Waals surface area contributed by atoms with Crippen molar-refractivity contribution in [3.8, 4) is 5.69 Å². The van der Waals surface area contributed by atoms with Gasteiger partial charge >= 0.3 is 0 Å². The fourth-order valence-corrected chi connectivity index (χ4v) is 10.1. The van der Waals surface area contributed by atoms with Crippen LogP contribution in [0.25, 0.3) is 88.1 Å². The monoisotopic (exact) mass is 563 g/mol. The second-order valence-corrected chi connectivity index (χ2v) is 13.3. The number of benzene rings is 5. The van der Waals surface area contributed by atoms with Crippen LogP contribution in [0.1, 0.15) is 0 Å². The average Bonchev–Trinajstić information content (AvgIpc) is 3.75. The Hall–Kier alpha value is -4.36. The van der Waals surface area contributed by atoms with Crippen molar-refractivity contribution < 1.29 is 0 Å². The Labute approximate surface area is 239 Å². The lowest BCUT2D eigenvalue weighted by Gasteiger charge is -2.10. The average molecular weight is 564 g/mol. The summed E-state index contributed by atoms with van der Waals surface area (Å²) in [6, 6.07) is 33.4. The Morgan fingerprint density at radius 2 is 1.30 bits per heavy atom. The van der Waals surface area contributed by atoms with Crippen molar-refractivity contribution in [3.05, 3.63) is 104 Å². The van der Waals surface area contributed by atoms with Crippen molar-refractivity contribution in [1.29, 1.82) is 0 Å². The van der Waals surface area contributed by atoms with Crippen LogP contribution in [0.2, 0.25) is 0 Å². The van der Waals surface area contributed by atoms with Gasteiger partial charge in [-0.15, -0.1) is 34.0 Å². The molecule has 0 atom stereocenters. The van der Waals surface area contributed by atoms with Crippen LogP contribution in [0.4, 0.5) is 0 Å². The van der Waals surface area contributed by atoms with Gasteiger partial charge < -0.3 is 4.57 Å². The van der Waals surface area contributed by atoms with Crippen LogP contribution in [0.3, 0.4) is 0 Å². The molecule has 186 valence electrons. The van der Waals surface area contributed by atoms with E-state index in [1.807, 2.05) is 28.9 Å². The highest BCUT2D eigenvalue weighted by Gasteiger charge is 2.24. The summed E-state index contributed by atoms with van der Waals surface area (Å²) in [5.74, 6) is 0. The van der Waals surface area contributed by atoms with Crippen LogP contribution in [0, 0.1) is 0 Å². The van der Waals surface area contributed by atoms with E-state index in [1.54, 1.807) is 17.7 Å². The minimum atomic E-state index is 1.04. The quantitative estimate of drug-likeness (QED) is 0.199. The molecule has 10 aromatic rings. The second-order valence-electron chi connectivity index (χ2n) is 10.2. The molecular weight excluding hydrogens is 547 g/mol. The van der Waals surface area contributed by atoms with E-state index in [0.29, 0.717) is 0 Å². The summed E-state index contributed by atoms with van der Waals surface area (Å²) in [6.07, 6.45) is 3.66. The Balaban J connectivity index is 1.50. The first-order valence-electron chi connectivity index (χ1n) is 13.2. The van der Waals surface area contributed by atoms with E-state index in [9.17, 15) is 0 Å². The molecule has 0 saturated carbocycles. The van der Waals surface area contributed by atoms with Gasteiger partial charge in [-0.05, 0) is 36.4 Å². The normalized spacial score (nSPS) is 12.5. The van der Waals surface area contributed by atoms with Crippen LogP contribution in [0.15, 0.2) is 104 Å². The number of fused-ring (bicyclic) bond motifs is 15. The van der Waals surface area contributed by atoms with Gasteiger partial charge in [0.25, 0.3) is 0 Å². The highest BCUT2D eigenvalue weighted by Crippen LogP contribution is 2.51. The maximum absolute atomic E-state index is 4.70. The number of para-hydroxylation sites is 1. The zero-order chi connectivity index (χ0) is 25.9. The molecule has 0 aliphatic rings. The standard InChI is InChI=1S/C34H17N3S3/c1-4-10-24-20(8-1)28-29-23-16-35-17-36-34(23)40-32(29)30-21-9-3-6-12-26(21)39-33(30)31(28)37(24)18-13-14-27-22(15-18)19-7-2-5-11-25(19)38-27/h1-17H. The van der Waals surface area contributed by atoms with Gasteiger partial charge in [0, 0.05) is 73.8 Å². The van der Waals surface area contributed by atoms with Crippen molar-refractivity contribution in [2.75, 3.05) is 0 Å². The number of thiophene rings is 3. The Morgan fingerprint density at radius 3 is 2.20 bits per heavy atom. The predicted octanol–water partition coefficient (Wildman–Crippen LogP) is 10.7. The van der Waals surface area contributed by atoms with E-state index in [0.717, 1.165) is 10.2 Å². The molecule has 0 bridgehead atoms. The third-order valence-electron chi connectivity index (χ3n) is 8.15. The fourth-order valence-electron chi connectivity index (χ4n) is 6.53. The van der Waals surface area contributed by atoms with Crippen molar-refractivity contribution >= 4 is 116 Å². The molecule has 0 spiro atoms. The molecule has 3 nitrogen and oxygen atoms in total. The maximum Gasteiger partial charge on any atom is 0.127 e. The summed E-state index contributed by atoms with van der Waals surface area (Å²) in [7, 11) is 0. The first-order valence-corrected chi connectivity index (χ1v) is 15.6. The summed E-state index contributed by atoms with van der Waals surface area (Å²) < 4.78 is 9.09. The SMILES string of the molecule is c1ccc2c(c1)sc1ccc(-n3c4ccccc4c4c5c6cncnc6sc5c5c6ccccc6sc5c43)cc12. The summed E-state index contributed by atoms with van der Waals surface area (Å²) in [4.78, 5) is 10.2. The van der Waals surface area contributed by atoms with E-state index >= 15 is 0 Å². The molecule has 0 N–H and O–H groups in total. The van der Waals surface area contributed by atoms with Crippen LogP contribution in [-0.4, -0.2) is 14.5 Å². The molecule has 10 rings (SSSR count). The van der Waals surface area contributed by atoms with Crippen LogP contribution in [0.5, 0.6) is 0 Å². The largest absolute Gasteiger partial charge is 0.308 e. The maximum atomic E-state index is 4.70. The van der Waals surface area contributed by atoms with Gasteiger partial charge in [0.2, 0.25) is 0 Å². The van der Waals surface area contributed by atoms with Gasteiger partial charge in [-0.1, -0.05) is 54.6 Å². The zero-order valence-electron chi connectivity index (χ0n) is 20.9. The minimum Gasteiger partial charge on any atom is -0.308 e. The number of aromatic nitrogens is 3. The lowest BCUT2D eigenvalue weighted by atomic mass is 10.0. The molecule has 5 aromatic carbocycles. The van der Waals surface area contributed by atoms with Gasteiger partial charge in [0.15, 0.2) is 0 Å². The topological polar surface area (TPSA) is 30.7 Å². The van der Waals surface area contributed by atoms with Gasteiger partial charge in [0.1, 0.15) is 11.2 Å². The lowest BCUT2D eigenvalue weighted by Crippen LogP contribution is -1.93. The minimum absolute atomic E-state index is 1.04. The van der Waals surface area contributed by atoms with E-state index in [2.05, 4.69) is 101 Å². The molecule has 0 aliphatic carbocycles. The van der Waals surface area contributed by atoms with Crippen LogP contribution < -0.4 is 0 Å². The highest BCUT2D eigenvalue weighted by atomic mass is 32.1. The van der Waals surface area contributed by atoms with E-state index in [-0.39, 0.29) is 0 Å². The smallest absolute Gasteiger partial charge is 0.127 e. The Bertz CT molecular complexity index is 2670. The molecule has 0 aliphatic heterocycles. The summed E-state index contributed by atoms with van der Waals surface area (Å²) in [6.45, 7) is 0. The first kappa shape index (κ1) is 21.5. The number of hydrogen-bond donors (Lipinski definition) is 0. The third-order valence-corrected chi connectivity index (χ3v) is 11.6. The molecule has 5 aromatic heterocycles. The molecule has 0 unspecified atom stereocenters. The highest BCUT2D eigenvalue weighted by molar-refractivity contribution is 7.30. The first-order chi connectivity index (χ1) is 19.8. The molecule has 0 radical (unpaired) electrons. The van der Waals surface area contributed by atoms with Gasteiger partial charge in [-0.25, -0.2) is 9.97 Å².